The van der Waals surface area contributed by atoms with Gasteiger partial charge in [-0.3, -0.25) is 19.2 Å². The number of para-hydroxylation sites is 1. The van der Waals surface area contributed by atoms with Gasteiger partial charge in [-0.05, 0) is 36.1 Å². The number of alkyl carbamates (subject to hydrolysis) is 1. The molecule has 47 heavy (non-hydrogen) atoms. The molecule has 5 rings (SSSR count). The number of H-pyrrole nitrogens is 1. The van der Waals surface area contributed by atoms with E-state index in [1.165, 1.54) is 0 Å². The molecule has 1 aromatic heterocycles. The summed E-state index contributed by atoms with van der Waals surface area (Å²) in [4.78, 5) is 68.4. The van der Waals surface area contributed by atoms with Crippen molar-refractivity contribution >= 4 is 40.6 Å². The molecule has 12 heteroatoms. The van der Waals surface area contributed by atoms with Crippen molar-refractivity contribution in [3.63, 3.8) is 0 Å². The second-order valence-electron chi connectivity index (χ2n) is 11.6. The van der Waals surface area contributed by atoms with Crippen LogP contribution in [0.3, 0.4) is 0 Å². The molecule has 0 spiro atoms. The van der Waals surface area contributed by atoms with Crippen molar-refractivity contribution in [3.05, 3.63) is 108 Å². The third kappa shape index (κ3) is 8.82. The summed E-state index contributed by atoms with van der Waals surface area (Å²) in [6.07, 6.45) is 0.142. The first-order valence-corrected chi connectivity index (χ1v) is 15.2. The second-order valence-corrected chi connectivity index (χ2v) is 11.6. The summed E-state index contributed by atoms with van der Waals surface area (Å²) >= 11 is 0. The van der Waals surface area contributed by atoms with E-state index in [0.29, 0.717) is 11.1 Å². The lowest BCUT2D eigenvalue weighted by Gasteiger charge is -2.25. The fraction of sp³-hybridized carbons (Fsp3) is 0.286. The number of nitrogens with one attached hydrogen (secondary N) is 4. The van der Waals surface area contributed by atoms with Gasteiger partial charge in [0.2, 0.25) is 11.8 Å². The van der Waals surface area contributed by atoms with E-state index in [0.717, 1.165) is 16.5 Å². The van der Waals surface area contributed by atoms with Crippen LogP contribution in [-0.2, 0) is 48.1 Å². The number of fused-ring (bicyclic) bond motifs is 1. The van der Waals surface area contributed by atoms with Gasteiger partial charge in [0.1, 0.15) is 24.3 Å². The number of aliphatic carboxylic acids is 1. The van der Waals surface area contributed by atoms with Crippen LogP contribution in [0.25, 0.3) is 10.9 Å². The second kappa shape index (κ2) is 14.7. The normalized spacial score (nSPS) is 17.1. The Morgan fingerprint density at radius 1 is 0.809 bits per heavy atom. The van der Waals surface area contributed by atoms with Crippen LogP contribution in [0.5, 0.6) is 0 Å². The Kier molecular flexibility index (Phi) is 10.3. The Morgan fingerprint density at radius 2 is 1.40 bits per heavy atom. The zero-order valence-corrected chi connectivity index (χ0v) is 25.7. The minimum absolute atomic E-state index is 0.000152. The third-order valence-electron chi connectivity index (χ3n) is 7.95. The molecule has 5 N–H and O–H groups in total. The van der Waals surface area contributed by atoms with Crippen LogP contribution >= 0.6 is 0 Å². The fourth-order valence-electron chi connectivity index (χ4n) is 5.24. The number of rotatable bonds is 15. The molecular formula is C35H36N4O8. The molecule has 2 heterocycles. The Morgan fingerprint density at radius 3 is 2.06 bits per heavy atom. The zero-order chi connectivity index (χ0) is 33.4. The van der Waals surface area contributed by atoms with Gasteiger partial charge >= 0.3 is 12.1 Å². The van der Waals surface area contributed by atoms with Crippen LogP contribution in [0.15, 0.2) is 91.1 Å². The molecule has 0 saturated carbocycles. The summed E-state index contributed by atoms with van der Waals surface area (Å²) in [6.45, 7) is 1.79. The molecule has 0 aliphatic carbocycles. The first-order chi connectivity index (χ1) is 22.6. The van der Waals surface area contributed by atoms with E-state index in [4.69, 9.17) is 9.47 Å². The molecule has 1 aliphatic rings. The van der Waals surface area contributed by atoms with Crippen molar-refractivity contribution < 1.29 is 38.6 Å². The highest BCUT2D eigenvalue weighted by Gasteiger charge is 2.50. The number of carboxylic acid groups (broad SMARTS) is 1. The summed E-state index contributed by atoms with van der Waals surface area (Å²) in [7, 11) is 0. The number of carboxylic acids is 1. The highest BCUT2D eigenvalue weighted by Crippen LogP contribution is 2.29. The lowest BCUT2D eigenvalue weighted by atomic mass is 9.94. The van der Waals surface area contributed by atoms with Gasteiger partial charge in [0.05, 0.1) is 19.1 Å². The van der Waals surface area contributed by atoms with Gasteiger partial charge in [0.15, 0.2) is 5.78 Å². The quantitative estimate of drug-likeness (QED) is 0.123. The number of hydrogen-bond acceptors (Lipinski definition) is 7. The minimum Gasteiger partial charge on any atom is -0.481 e. The number of carbonyl (C=O) groups is 5. The van der Waals surface area contributed by atoms with E-state index in [2.05, 4.69) is 20.9 Å². The average Bonchev–Trinajstić information content (AvgIpc) is 3.70. The number of ketones is 1. The number of ether oxygens (including phenoxy) is 2. The highest BCUT2D eigenvalue weighted by molar-refractivity contribution is 5.99. The van der Waals surface area contributed by atoms with Crippen LogP contribution in [0, 0.1) is 0 Å². The van der Waals surface area contributed by atoms with Crippen molar-refractivity contribution in [3.8, 4) is 0 Å². The molecule has 0 radical (unpaired) electrons. The van der Waals surface area contributed by atoms with Gasteiger partial charge in [-0.15, -0.1) is 0 Å². The summed E-state index contributed by atoms with van der Waals surface area (Å²) < 4.78 is 10.6. The molecule has 3 aromatic carbocycles. The third-order valence-corrected chi connectivity index (χ3v) is 7.95. The molecule has 1 saturated heterocycles. The number of Topliss-reactive ketones (excluding diaryl/α,β-unsaturated/α-hetero) is 1. The first kappa shape index (κ1) is 32.9. The monoisotopic (exact) mass is 640 g/mol. The smallest absolute Gasteiger partial charge is 0.408 e. The molecule has 244 valence electrons. The van der Waals surface area contributed by atoms with Crippen LogP contribution in [0.4, 0.5) is 4.79 Å². The van der Waals surface area contributed by atoms with Crippen LogP contribution < -0.4 is 16.0 Å². The summed E-state index contributed by atoms with van der Waals surface area (Å²) in [5, 5.41) is 18.1. The highest BCUT2D eigenvalue weighted by atomic mass is 16.6. The molecule has 4 aromatic rings. The number of hydrogen-bond donors (Lipinski definition) is 5. The maximum absolute atomic E-state index is 14.0. The molecule has 0 bridgehead atoms. The number of epoxide rings is 1. The number of aromatic amines is 1. The van der Waals surface area contributed by atoms with Gasteiger partial charge in [-0.2, -0.15) is 0 Å². The molecule has 3 amide bonds. The van der Waals surface area contributed by atoms with E-state index in [9.17, 15) is 29.1 Å². The van der Waals surface area contributed by atoms with Crippen molar-refractivity contribution in [2.45, 2.75) is 56.5 Å². The van der Waals surface area contributed by atoms with Gasteiger partial charge in [-0.1, -0.05) is 78.9 Å². The van der Waals surface area contributed by atoms with Gasteiger partial charge < -0.3 is 35.5 Å². The van der Waals surface area contributed by atoms with E-state index in [1.807, 2.05) is 54.6 Å². The van der Waals surface area contributed by atoms with Crippen molar-refractivity contribution in [1.82, 2.24) is 20.9 Å². The summed E-state index contributed by atoms with van der Waals surface area (Å²) in [5.41, 5.74) is 2.00. The molecule has 4 atom stereocenters. The van der Waals surface area contributed by atoms with Crippen molar-refractivity contribution in [1.29, 1.82) is 0 Å². The van der Waals surface area contributed by atoms with Crippen molar-refractivity contribution in [2.24, 2.45) is 0 Å². The fourth-order valence-corrected chi connectivity index (χ4v) is 5.24. The van der Waals surface area contributed by atoms with Crippen LogP contribution in [0.1, 0.15) is 30.0 Å². The average molecular weight is 641 g/mol. The summed E-state index contributed by atoms with van der Waals surface area (Å²) in [5.74, 6) is -3.23. The maximum atomic E-state index is 14.0. The maximum Gasteiger partial charge on any atom is 0.408 e. The summed E-state index contributed by atoms with van der Waals surface area (Å²) in [6, 6.07) is 21.7. The standard InChI is InChI=1S/C35H36N4O8/c1-35(21-47-35)31(42)27(16-22-10-4-2-5-11-22)37-32(43)28(17-24-19-36-26-15-9-8-14-25(24)26)38-33(44)29(18-30(40)41)39-34(45)46-20-23-12-6-3-7-13-23/h2-15,19,27-29,36H,16-18,20-21H2,1H3,(H,37,43)(H,38,44)(H,39,45)(H,40,41)/t27?,28-,29?,35?/m0/s1. The van der Waals surface area contributed by atoms with E-state index >= 15 is 0 Å². The van der Waals surface area contributed by atoms with Gasteiger partial charge in [0, 0.05) is 23.5 Å². The lowest BCUT2D eigenvalue weighted by Crippen LogP contribution is -2.57. The zero-order valence-electron chi connectivity index (χ0n) is 25.7. The minimum atomic E-state index is -1.56. The van der Waals surface area contributed by atoms with E-state index in [1.54, 1.807) is 43.5 Å². The number of carbonyl (C=O) groups excluding carboxylic acids is 4. The SMILES string of the molecule is CC1(C(=O)C(Cc2ccccc2)NC(=O)[C@H](Cc2c[nH]c3ccccc23)NC(=O)C(CC(=O)O)NC(=O)OCc2ccccc2)CO1. The predicted octanol–water partition coefficient (Wildman–Crippen LogP) is 3.05. The van der Waals surface area contributed by atoms with Crippen LogP contribution in [0.2, 0.25) is 0 Å². The van der Waals surface area contributed by atoms with Gasteiger partial charge in [-0.25, -0.2) is 4.79 Å². The molecule has 12 nitrogen and oxygen atoms in total. The number of aromatic nitrogens is 1. The molecular weight excluding hydrogens is 604 g/mol. The Labute approximate surface area is 270 Å². The van der Waals surface area contributed by atoms with E-state index < -0.39 is 54.0 Å². The topological polar surface area (TPSA) is 179 Å². The largest absolute Gasteiger partial charge is 0.481 e. The Balaban J connectivity index is 1.36. The number of amides is 3. The van der Waals surface area contributed by atoms with Crippen LogP contribution in [-0.4, -0.2) is 70.1 Å². The predicted molar refractivity (Wildman–Crippen MR) is 171 cm³/mol. The number of benzene rings is 3. The molecule has 1 fully saturated rings. The Hall–Kier alpha value is -5.49. The Bertz CT molecular complexity index is 1740. The lowest BCUT2D eigenvalue weighted by molar-refractivity contribution is -0.140. The molecule has 1 aliphatic heterocycles. The molecule has 3 unspecified atom stereocenters. The van der Waals surface area contributed by atoms with Gasteiger partial charge in [0.25, 0.3) is 0 Å². The first-order valence-electron chi connectivity index (χ1n) is 15.2. The van der Waals surface area contributed by atoms with Crippen molar-refractivity contribution in [2.75, 3.05) is 6.61 Å². The van der Waals surface area contributed by atoms with E-state index in [-0.39, 0.29) is 31.8 Å².